The van der Waals surface area contributed by atoms with Crippen LogP contribution in [0.15, 0.2) is 10.6 Å². The molecule has 0 aromatic carbocycles. The largest absolute Gasteiger partial charge is 0.469 e. The normalized spacial score (nSPS) is 28.8. The first kappa shape index (κ1) is 23.5. The molecule has 28 heavy (non-hydrogen) atoms. The molecule has 8 heteroatoms. The lowest BCUT2D eigenvalue weighted by Gasteiger charge is -2.43. The summed E-state index contributed by atoms with van der Waals surface area (Å²) in [5, 5.41) is 3.78. The molecule has 1 atom stereocenters. The van der Waals surface area contributed by atoms with Crippen molar-refractivity contribution in [2.24, 2.45) is 17.6 Å². The summed E-state index contributed by atoms with van der Waals surface area (Å²) in [5.74, 6) is 0.808. The maximum Gasteiger partial charge on any atom is 0.305 e. The maximum absolute atomic E-state index is 12.0. The predicted molar refractivity (Wildman–Crippen MR) is 118 cm³/mol. The first-order chi connectivity index (χ1) is 13.0. The molecule has 1 aliphatic carbocycles. The third-order valence-corrected chi connectivity index (χ3v) is 8.02. The number of thioether (sulfide) groups is 1. The average molecular weight is 476 g/mol. The molecule has 0 spiro atoms. The Morgan fingerprint density at radius 1 is 1.18 bits per heavy atom. The maximum atomic E-state index is 12.0. The highest BCUT2D eigenvalue weighted by Crippen LogP contribution is 2.47. The van der Waals surface area contributed by atoms with Crippen molar-refractivity contribution in [3.05, 3.63) is 10.6 Å². The molecule has 0 bridgehead atoms. The molecule has 0 radical (unpaired) electrons. The van der Waals surface area contributed by atoms with Gasteiger partial charge in [-0.3, -0.25) is 9.59 Å². The Balaban J connectivity index is 0.00000280. The second-order valence-corrected chi connectivity index (χ2v) is 9.20. The number of esters is 1. The Morgan fingerprint density at radius 2 is 1.82 bits per heavy atom. The van der Waals surface area contributed by atoms with Gasteiger partial charge in [0.2, 0.25) is 0 Å². The molecule has 1 amide bonds. The van der Waals surface area contributed by atoms with Crippen LogP contribution in [0.25, 0.3) is 0 Å². The van der Waals surface area contributed by atoms with Gasteiger partial charge in [0.05, 0.1) is 17.4 Å². The summed E-state index contributed by atoms with van der Waals surface area (Å²) in [6.07, 6.45) is 8.28. The van der Waals surface area contributed by atoms with Crippen molar-refractivity contribution >= 4 is 40.6 Å². The summed E-state index contributed by atoms with van der Waals surface area (Å²) in [5.41, 5.74) is 6.75. The van der Waals surface area contributed by atoms with Crippen molar-refractivity contribution < 1.29 is 14.3 Å². The van der Waals surface area contributed by atoms with Crippen LogP contribution in [0.4, 0.5) is 0 Å². The van der Waals surface area contributed by atoms with Gasteiger partial charge in [0.15, 0.2) is 0 Å². The number of methoxy groups -OCH3 is 1. The van der Waals surface area contributed by atoms with Crippen molar-refractivity contribution in [1.29, 1.82) is 0 Å². The number of amides is 1. The minimum Gasteiger partial charge on any atom is -0.469 e. The Bertz CT molecular complexity index is 587. The van der Waals surface area contributed by atoms with Crippen molar-refractivity contribution in [2.45, 2.75) is 69.7 Å². The van der Waals surface area contributed by atoms with Gasteiger partial charge in [-0.1, -0.05) is 11.8 Å². The summed E-state index contributed by atoms with van der Waals surface area (Å²) in [6.45, 7) is 4.18. The Kier molecular flexibility index (Phi) is 9.15. The zero-order valence-corrected chi connectivity index (χ0v) is 19.5. The number of nitrogens with zero attached hydrogens (tertiary/aromatic N) is 1. The fourth-order valence-electron chi connectivity index (χ4n) is 4.88. The first-order valence-corrected chi connectivity index (χ1v) is 11.1. The minimum absolute atomic E-state index is 0. The number of rotatable bonds is 6. The number of nitrogens with two attached hydrogens (primary N) is 1. The number of ether oxygens (including phenoxy) is 1. The Labute approximate surface area is 183 Å². The van der Waals surface area contributed by atoms with Gasteiger partial charge in [0.1, 0.15) is 0 Å². The van der Waals surface area contributed by atoms with E-state index in [0.29, 0.717) is 29.7 Å². The highest BCUT2D eigenvalue weighted by molar-refractivity contribution is 8.93. The minimum atomic E-state index is -0.286. The van der Waals surface area contributed by atoms with E-state index < -0.39 is 0 Å². The molecular weight excluding hydrogens is 442 g/mol. The van der Waals surface area contributed by atoms with Crippen LogP contribution in [-0.2, 0) is 14.3 Å². The molecule has 3 N–H and O–H groups in total. The van der Waals surface area contributed by atoms with Crippen LogP contribution in [0.1, 0.15) is 58.3 Å². The molecule has 0 aromatic heterocycles. The van der Waals surface area contributed by atoms with E-state index in [1.54, 1.807) is 11.8 Å². The summed E-state index contributed by atoms with van der Waals surface area (Å²) in [7, 11) is 1.45. The van der Waals surface area contributed by atoms with Crippen LogP contribution in [0, 0.1) is 11.8 Å². The molecule has 2 heterocycles. The van der Waals surface area contributed by atoms with Gasteiger partial charge in [-0.25, -0.2) is 0 Å². The van der Waals surface area contributed by atoms with Crippen molar-refractivity contribution in [1.82, 2.24) is 10.2 Å². The monoisotopic (exact) mass is 475 g/mol. The molecular formula is C20H34BrN3O3S. The fraction of sp³-hybridized carbons (Fsp3) is 0.800. The van der Waals surface area contributed by atoms with Gasteiger partial charge in [0.25, 0.3) is 5.91 Å². The molecule has 160 valence electrons. The van der Waals surface area contributed by atoms with Crippen LogP contribution in [0.3, 0.4) is 0 Å². The van der Waals surface area contributed by atoms with Crippen molar-refractivity contribution in [3.8, 4) is 0 Å². The van der Waals surface area contributed by atoms with Crippen molar-refractivity contribution in [2.75, 3.05) is 20.2 Å². The Hall–Kier alpha value is -0.730. The topological polar surface area (TPSA) is 84.7 Å². The summed E-state index contributed by atoms with van der Waals surface area (Å²) >= 11 is 1.70. The van der Waals surface area contributed by atoms with E-state index in [1.807, 2.05) is 0 Å². The van der Waals surface area contributed by atoms with E-state index in [2.05, 4.69) is 17.1 Å². The smallest absolute Gasteiger partial charge is 0.305 e. The number of carbonyl (C=O) groups is 2. The van der Waals surface area contributed by atoms with E-state index in [4.69, 9.17) is 10.5 Å². The number of allylic oxidation sites excluding steroid dienone is 1. The Morgan fingerprint density at radius 3 is 2.39 bits per heavy atom. The zero-order valence-electron chi connectivity index (χ0n) is 16.9. The lowest BCUT2D eigenvalue weighted by Crippen LogP contribution is -2.45. The lowest BCUT2D eigenvalue weighted by molar-refractivity contribution is -0.141. The number of carbonyl (C=O) groups excluding carboxylic acids is 2. The van der Waals surface area contributed by atoms with Gasteiger partial charge in [-0.15, -0.1) is 17.0 Å². The molecule has 3 rings (SSSR count). The van der Waals surface area contributed by atoms with Crippen LogP contribution >= 0.6 is 28.7 Å². The number of halogens is 1. The fourth-order valence-corrected chi connectivity index (χ4v) is 6.42. The number of nitrogens with one attached hydrogen (secondary N) is 1. The van der Waals surface area contributed by atoms with Gasteiger partial charge in [-0.05, 0) is 76.8 Å². The molecule has 1 saturated heterocycles. The molecule has 6 nitrogen and oxygen atoms in total. The summed E-state index contributed by atoms with van der Waals surface area (Å²) in [4.78, 5) is 26.6. The molecule has 2 fully saturated rings. The van der Waals surface area contributed by atoms with Gasteiger partial charge < -0.3 is 20.7 Å². The molecule has 0 aromatic rings. The number of piperidine rings is 1. The third kappa shape index (κ3) is 5.45. The average Bonchev–Trinajstić information content (AvgIpc) is 3.04. The van der Waals surface area contributed by atoms with Crippen molar-refractivity contribution in [3.63, 3.8) is 0 Å². The molecule has 1 unspecified atom stereocenters. The highest BCUT2D eigenvalue weighted by atomic mass is 79.9. The van der Waals surface area contributed by atoms with E-state index >= 15 is 0 Å². The highest BCUT2D eigenvalue weighted by Gasteiger charge is 2.42. The van der Waals surface area contributed by atoms with E-state index in [9.17, 15) is 9.59 Å². The predicted octanol–water partition coefficient (Wildman–Crippen LogP) is 3.17. The zero-order chi connectivity index (χ0) is 19.4. The van der Waals surface area contributed by atoms with Gasteiger partial charge in [-0.2, -0.15) is 0 Å². The second-order valence-electron chi connectivity index (χ2n) is 8.07. The van der Waals surface area contributed by atoms with E-state index in [-0.39, 0.29) is 28.9 Å². The summed E-state index contributed by atoms with van der Waals surface area (Å²) in [6, 6.07) is 0.476. The first-order valence-electron chi connectivity index (χ1n) is 10.2. The van der Waals surface area contributed by atoms with Crippen LogP contribution < -0.4 is 11.1 Å². The second kappa shape index (κ2) is 10.9. The third-order valence-electron chi connectivity index (χ3n) is 6.43. The van der Waals surface area contributed by atoms with E-state index in [0.717, 1.165) is 68.6 Å². The van der Waals surface area contributed by atoms with Crippen LogP contribution in [0.5, 0.6) is 0 Å². The number of hydrogen-bond donors (Lipinski definition) is 2. The SMILES string of the molecule is Br.COC(=O)CC[C@H]1CC[C@H](N2C(C)=C(C(N)=O)SC2C2CCNCC2)CC1. The van der Waals surface area contributed by atoms with Crippen LogP contribution in [0.2, 0.25) is 0 Å². The molecule has 2 aliphatic heterocycles. The van der Waals surface area contributed by atoms with Gasteiger partial charge in [0, 0.05) is 18.2 Å². The number of hydrogen-bond acceptors (Lipinski definition) is 6. The summed E-state index contributed by atoms with van der Waals surface area (Å²) < 4.78 is 4.77. The van der Waals surface area contributed by atoms with Gasteiger partial charge >= 0.3 is 5.97 Å². The van der Waals surface area contributed by atoms with Crippen LogP contribution in [-0.4, -0.2) is 48.4 Å². The quantitative estimate of drug-likeness (QED) is 0.573. The van der Waals surface area contributed by atoms with E-state index in [1.165, 1.54) is 7.11 Å². The number of primary amides is 1. The standard InChI is InChI=1S/C20H33N3O3S.BrH/c1-13-18(19(21)25)27-20(15-9-11-22-12-10-15)23(13)16-6-3-14(4-7-16)5-8-17(24)26-2;/h14-16,20,22H,3-12H2,1-2H3,(H2,21,25);1H/t14-,16-,20?;. The molecule has 1 saturated carbocycles. The lowest BCUT2D eigenvalue weighted by atomic mass is 9.82. The molecule has 3 aliphatic rings.